The van der Waals surface area contributed by atoms with Crippen molar-refractivity contribution in [2.24, 2.45) is 16.6 Å². The lowest BCUT2D eigenvalue weighted by Gasteiger charge is -2.34. The first-order valence-electron chi connectivity index (χ1n) is 8.49. The highest BCUT2D eigenvalue weighted by Crippen LogP contribution is 2.53. The van der Waals surface area contributed by atoms with Gasteiger partial charge in [0.15, 0.2) is 0 Å². The minimum atomic E-state index is -2.17. The first-order chi connectivity index (χ1) is 10.4. The van der Waals surface area contributed by atoms with E-state index in [1.807, 2.05) is 6.66 Å². The van der Waals surface area contributed by atoms with Gasteiger partial charge >= 0.3 is 5.97 Å². The number of hydrogen-bond acceptors (Lipinski definition) is 4. The maximum atomic E-state index is 11.0. The maximum Gasteiger partial charge on any atom is 0.306 e. The topological polar surface area (TPSA) is 68.1 Å². The zero-order valence-corrected chi connectivity index (χ0v) is 14.9. The minimum Gasteiger partial charge on any atom is -0.481 e. The van der Waals surface area contributed by atoms with E-state index in [0.717, 1.165) is 31.6 Å². The van der Waals surface area contributed by atoms with Gasteiger partial charge in [0.1, 0.15) is 0 Å². The van der Waals surface area contributed by atoms with Crippen LogP contribution < -0.4 is 0 Å². The highest BCUT2D eigenvalue weighted by Gasteiger charge is 2.31. The highest BCUT2D eigenvalue weighted by atomic mass is 31.2. The predicted octanol–water partition coefficient (Wildman–Crippen LogP) is 5.80. The fraction of sp³-hybridized carbons (Fsp3) is 0.944. The van der Waals surface area contributed by atoms with Gasteiger partial charge in [-0.15, -0.1) is 0 Å². The molecule has 0 bridgehead atoms. The Kier molecular flexibility index (Phi) is 10.4. The molecule has 0 saturated heterocycles. The van der Waals surface area contributed by atoms with Crippen molar-refractivity contribution in [2.45, 2.75) is 85.4 Å². The van der Waals surface area contributed by atoms with Crippen molar-refractivity contribution in [2.75, 3.05) is 13.7 Å². The van der Waals surface area contributed by atoms with E-state index >= 15 is 0 Å². The lowest BCUT2D eigenvalue weighted by molar-refractivity contribution is -0.143. The van der Waals surface area contributed by atoms with Gasteiger partial charge in [-0.1, -0.05) is 21.8 Å². The molecule has 0 aromatic heterocycles. The molecule has 0 aromatic carbocycles. The smallest absolute Gasteiger partial charge is 0.306 e. The Bertz CT molecular complexity index is 425. The third kappa shape index (κ3) is 6.85. The lowest BCUT2D eigenvalue weighted by Crippen LogP contribution is -2.26. The van der Waals surface area contributed by atoms with Gasteiger partial charge in [0.25, 0.3) is 0 Å². The van der Waals surface area contributed by atoms with E-state index in [1.165, 1.54) is 12.8 Å². The Morgan fingerprint density at radius 3 is 1.75 bits per heavy atom. The molecular weight excluding hydrogens is 325 g/mol. The Labute approximate surface area is 148 Å². The van der Waals surface area contributed by atoms with Crippen LogP contribution in [0.2, 0.25) is 0 Å². The number of aliphatic carboxylic acids is 1. The second-order valence-electron chi connectivity index (χ2n) is 6.91. The summed E-state index contributed by atoms with van der Waals surface area (Å²) in [7, 11) is -0.393. The monoisotopic (exact) mass is 363 g/mol. The minimum absolute atomic E-state index is 0. The standard InChI is InChI=1S/C16H30NO4P.2CH4/c1-12-4-8-14(9-5-12)20-22(3,17-2)21-15-10-6-13(7-11-15)16(18)19;;/h12-15H,4-11H2,1-3H3,(H,18,19);2*1H4. The molecule has 24 heavy (non-hydrogen) atoms. The number of carbonyl (C=O) groups is 1. The summed E-state index contributed by atoms with van der Waals surface area (Å²) >= 11 is 0. The maximum absolute atomic E-state index is 11.0. The molecule has 2 aliphatic rings. The Morgan fingerprint density at radius 2 is 1.38 bits per heavy atom. The number of carboxylic acids is 1. The molecule has 2 fully saturated rings. The first-order valence-corrected chi connectivity index (χ1v) is 10.5. The lowest BCUT2D eigenvalue weighted by atomic mass is 9.88. The predicted molar refractivity (Wildman–Crippen MR) is 102 cm³/mol. The number of rotatable bonds is 5. The van der Waals surface area contributed by atoms with Crippen LogP contribution in [0.15, 0.2) is 4.74 Å². The average Bonchev–Trinajstić information content (AvgIpc) is 2.50. The first kappa shape index (κ1) is 23.6. The summed E-state index contributed by atoms with van der Waals surface area (Å²) in [5.41, 5.74) is 0. The Hall–Kier alpha value is -0.380. The van der Waals surface area contributed by atoms with E-state index in [4.69, 9.17) is 14.2 Å². The molecule has 6 heteroatoms. The molecule has 0 aromatic rings. The Morgan fingerprint density at radius 1 is 0.958 bits per heavy atom. The van der Waals surface area contributed by atoms with Gasteiger partial charge in [0, 0.05) is 13.7 Å². The number of hydrogen-bond donors (Lipinski definition) is 1. The van der Waals surface area contributed by atoms with Crippen LogP contribution in [-0.2, 0) is 13.8 Å². The normalized spacial score (nSPS) is 32.6. The SMILES string of the molecule is C.C.CN=P(C)(OC1CCC(C)CC1)OC1CCC(C(=O)O)CC1. The van der Waals surface area contributed by atoms with Gasteiger partial charge in [-0.2, -0.15) is 0 Å². The summed E-state index contributed by atoms with van der Waals surface area (Å²) in [6, 6.07) is 0. The van der Waals surface area contributed by atoms with Crippen LogP contribution in [0.1, 0.15) is 73.1 Å². The molecule has 0 radical (unpaired) electrons. The number of carboxylic acid groups (broad SMARTS) is 1. The van der Waals surface area contributed by atoms with E-state index < -0.39 is 13.5 Å². The van der Waals surface area contributed by atoms with E-state index in [1.54, 1.807) is 7.05 Å². The van der Waals surface area contributed by atoms with E-state index in [0.29, 0.717) is 12.8 Å². The molecule has 0 amide bonds. The van der Waals surface area contributed by atoms with Crippen molar-refractivity contribution < 1.29 is 18.9 Å². The van der Waals surface area contributed by atoms with Crippen LogP contribution in [0.25, 0.3) is 0 Å². The van der Waals surface area contributed by atoms with Crippen LogP contribution >= 0.6 is 7.51 Å². The van der Waals surface area contributed by atoms with Gasteiger partial charge in [0.2, 0.25) is 7.51 Å². The van der Waals surface area contributed by atoms with E-state index in [2.05, 4.69) is 11.7 Å². The molecular formula is C18H38NO4P. The van der Waals surface area contributed by atoms with Crippen molar-refractivity contribution in [3.63, 3.8) is 0 Å². The second-order valence-corrected chi connectivity index (χ2v) is 9.34. The van der Waals surface area contributed by atoms with E-state index in [9.17, 15) is 4.79 Å². The summed E-state index contributed by atoms with van der Waals surface area (Å²) < 4.78 is 16.9. The van der Waals surface area contributed by atoms with E-state index in [-0.39, 0.29) is 33.0 Å². The van der Waals surface area contributed by atoms with Crippen molar-refractivity contribution in [1.82, 2.24) is 0 Å². The van der Waals surface area contributed by atoms with Crippen LogP contribution in [-0.4, -0.2) is 37.0 Å². The summed E-state index contributed by atoms with van der Waals surface area (Å²) in [5, 5.41) is 9.06. The van der Waals surface area contributed by atoms with Gasteiger partial charge in [0.05, 0.1) is 18.1 Å². The van der Waals surface area contributed by atoms with Crippen molar-refractivity contribution in [3.8, 4) is 0 Å². The number of nitrogens with zero attached hydrogens (tertiary/aromatic N) is 1. The molecule has 5 nitrogen and oxygen atoms in total. The molecule has 1 atom stereocenters. The molecule has 1 unspecified atom stereocenters. The fourth-order valence-electron chi connectivity index (χ4n) is 3.42. The zero-order valence-electron chi connectivity index (χ0n) is 14.0. The molecule has 144 valence electrons. The summed E-state index contributed by atoms with van der Waals surface area (Å²) in [5.74, 6) is -0.0808. The quantitative estimate of drug-likeness (QED) is 0.626. The summed E-state index contributed by atoms with van der Waals surface area (Å²) in [4.78, 5) is 11.0. The molecule has 0 aliphatic heterocycles. The van der Waals surface area contributed by atoms with Gasteiger partial charge < -0.3 is 14.2 Å². The second kappa shape index (κ2) is 10.6. The summed E-state index contributed by atoms with van der Waals surface area (Å²) in [6.45, 7) is 4.29. The Balaban J connectivity index is 0.00000264. The van der Waals surface area contributed by atoms with Crippen LogP contribution in [0.3, 0.4) is 0 Å². The fourth-order valence-corrected chi connectivity index (χ4v) is 5.19. The molecule has 2 saturated carbocycles. The van der Waals surface area contributed by atoms with Gasteiger partial charge in [-0.25, -0.2) is 0 Å². The van der Waals surface area contributed by atoms with Crippen LogP contribution in [0.5, 0.6) is 0 Å². The third-order valence-electron chi connectivity index (χ3n) is 5.04. The molecule has 1 N–H and O–H groups in total. The molecule has 2 rings (SSSR count). The third-order valence-corrected chi connectivity index (χ3v) is 7.14. The molecule has 0 spiro atoms. The van der Waals surface area contributed by atoms with Crippen molar-refractivity contribution in [1.29, 1.82) is 0 Å². The van der Waals surface area contributed by atoms with Crippen LogP contribution in [0.4, 0.5) is 0 Å². The molecule has 2 aliphatic carbocycles. The largest absolute Gasteiger partial charge is 0.481 e. The van der Waals surface area contributed by atoms with Gasteiger partial charge in [-0.3, -0.25) is 9.54 Å². The van der Waals surface area contributed by atoms with Crippen molar-refractivity contribution >= 4 is 13.5 Å². The van der Waals surface area contributed by atoms with Gasteiger partial charge in [-0.05, 0) is 57.3 Å². The average molecular weight is 363 g/mol. The molecule has 0 heterocycles. The van der Waals surface area contributed by atoms with Crippen molar-refractivity contribution in [3.05, 3.63) is 0 Å². The summed E-state index contributed by atoms with van der Waals surface area (Å²) in [6.07, 6.45) is 8.00. The zero-order chi connectivity index (χ0) is 16.2. The van der Waals surface area contributed by atoms with Crippen LogP contribution in [0, 0.1) is 11.8 Å². The highest BCUT2D eigenvalue weighted by molar-refractivity contribution is 7.55.